The first-order chi connectivity index (χ1) is 29.5. The molecule has 8 aromatic carbocycles. The Morgan fingerprint density at radius 3 is 2.13 bits per heavy atom. The summed E-state index contributed by atoms with van der Waals surface area (Å²) in [5, 5.41) is 8.33. The third kappa shape index (κ3) is 5.45. The Kier molecular flexibility index (Phi) is 7.75. The summed E-state index contributed by atoms with van der Waals surface area (Å²) < 4.78 is 8.74. The van der Waals surface area contributed by atoms with Gasteiger partial charge < -0.3 is 14.6 Å². The van der Waals surface area contributed by atoms with Crippen molar-refractivity contribution in [3.63, 3.8) is 0 Å². The molecule has 1 N–H and O–H groups in total. The Hall–Kier alpha value is -7.28. The first-order valence-electron chi connectivity index (χ1n) is 20.4. The van der Waals surface area contributed by atoms with E-state index in [1.165, 1.54) is 42.4 Å². The van der Waals surface area contributed by atoms with Crippen LogP contribution in [0.4, 0.5) is 17.1 Å². The van der Waals surface area contributed by atoms with E-state index in [0.29, 0.717) is 5.84 Å². The molecule has 0 fully saturated rings. The van der Waals surface area contributed by atoms with Crippen molar-refractivity contribution in [3.05, 3.63) is 210 Å². The van der Waals surface area contributed by atoms with E-state index >= 15 is 0 Å². The number of aliphatic imine (C=N–C) groups is 2. The quantitative estimate of drug-likeness (QED) is 0.182. The van der Waals surface area contributed by atoms with Crippen LogP contribution in [0.3, 0.4) is 0 Å². The van der Waals surface area contributed by atoms with Crippen LogP contribution in [0.1, 0.15) is 47.8 Å². The highest BCUT2D eigenvalue weighted by molar-refractivity contribution is 7.26. The van der Waals surface area contributed by atoms with Crippen LogP contribution in [0.15, 0.2) is 196 Å². The molecule has 2 aromatic heterocycles. The molecule has 0 amide bonds. The van der Waals surface area contributed by atoms with Gasteiger partial charge >= 0.3 is 0 Å². The fourth-order valence-corrected chi connectivity index (χ4v) is 10.6. The number of nitrogens with zero attached hydrogens (tertiary/aromatic N) is 3. The largest absolute Gasteiger partial charge is 0.456 e. The lowest BCUT2D eigenvalue weighted by Gasteiger charge is -2.28. The maximum Gasteiger partial charge on any atom is 0.159 e. The summed E-state index contributed by atoms with van der Waals surface area (Å²) in [6.45, 7) is 4.69. The number of rotatable bonds is 6. The van der Waals surface area contributed by atoms with Crippen LogP contribution >= 0.6 is 11.3 Å². The number of thiophene rings is 1. The Labute approximate surface area is 351 Å². The van der Waals surface area contributed by atoms with Gasteiger partial charge in [-0.15, -0.1) is 11.3 Å². The number of furan rings is 1. The molecule has 3 heterocycles. The Balaban J connectivity index is 0.970. The summed E-state index contributed by atoms with van der Waals surface area (Å²) in [5.74, 6) is 1.48. The molecule has 60 heavy (non-hydrogen) atoms. The predicted molar refractivity (Wildman–Crippen MR) is 251 cm³/mol. The number of hydrogen-bond acceptors (Lipinski definition) is 6. The van der Waals surface area contributed by atoms with Gasteiger partial charge in [0, 0.05) is 70.1 Å². The molecular formula is C54H38N4OS. The molecule has 0 bridgehead atoms. The lowest BCUT2D eigenvalue weighted by molar-refractivity contribution is 0.655. The molecule has 0 radical (unpaired) electrons. The van der Waals surface area contributed by atoms with Crippen molar-refractivity contribution in [1.29, 1.82) is 0 Å². The molecule has 0 spiro atoms. The van der Waals surface area contributed by atoms with Crippen LogP contribution in [0, 0.1) is 0 Å². The van der Waals surface area contributed by atoms with Crippen molar-refractivity contribution >= 4 is 82.2 Å². The lowest BCUT2D eigenvalue weighted by Crippen LogP contribution is -2.33. The molecule has 6 heteroatoms. The minimum Gasteiger partial charge on any atom is -0.456 e. The van der Waals surface area contributed by atoms with Gasteiger partial charge in [-0.05, 0) is 76.9 Å². The van der Waals surface area contributed by atoms with Crippen molar-refractivity contribution in [2.24, 2.45) is 9.98 Å². The molecule has 286 valence electrons. The number of hydrogen-bond donors (Lipinski definition) is 1. The van der Waals surface area contributed by atoms with Crippen LogP contribution in [-0.4, -0.2) is 11.7 Å². The van der Waals surface area contributed by atoms with E-state index in [0.717, 1.165) is 61.5 Å². The summed E-state index contributed by atoms with van der Waals surface area (Å²) in [7, 11) is 0. The summed E-state index contributed by atoms with van der Waals surface area (Å²) in [6, 6.07) is 64.8. The smallest absolute Gasteiger partial charge is 0.159 e. The number of benzene rings is 8. The van der Waals surface area contributed by atoms with Crippen LogP contribution in [0.5, 0.6) is 0 Å². The molecule has 1 atom stereocenters. The fraction of sp³-hybridized carbons (Fsp3) is 0.0741. The molecule has 1 aliphatic carbocycles. The second kappa shape index (κ2) is 13.4. The van der Waals surface area contributed by atoms with Gasteiger partial charge in [0.25, 0.3) is 0 Å². The van der Waals surface area contributed by atoms with Crippen LogP contribution in [0.25, 0.3) is 53.2 Å². The van der Waals surface area contributed by atoms with Crippen molar-refractivity contribution in [2.75, 3.05) is 4.90 Å². The number of fused-ring (bicyclic) bond motifs is 9. The van der Waals surface area contributed by atoms with Crippen molar-refractivity contribution in [2.45, 2.75) is 25.4 Å². The SMILES string of the molecule is CC1(C)c2ccccc2-c2ccc(N(c3ccccc3)c3ccc4c(c3)sc3cccc(C5=NC(c6ccccc6)=NC(c6ccc7c(c6)oc6ccccc67)N5)c34)cc21. The zero-order chi connectivity index (χ0) is 40.0. The highest BCUT2D eigenvalue weighted by Gasteiger charge is 2.36. The van der Waals surface area contributed by atoms with E-state index in [2.05, 4.69) is 176 Å². The molecule has 2 aliphatic rings. The molecule has 0 saturated heterocycles. The number of nitrogens with one attached hydrogen (secondary N) is 1. The van der Waals surface area contributed by atoms with Gasteiger partial charge in [-0.3, -0.25) is 0 Å². The van der Waals surface area contributed by atoms with Gasteiger partial charge in [-0.25, -0.2) is 9.98 Å². The standard InChI is InChI=1S/C54H38N4OS/c1-54(2)44-21-11-9-18-38(44)39-28-25-36(31-45(39)54)58(35-16-7-4-8-17-35)37-26-29-42-49(32-37)60-48-23-13-20-43(50(42)48)53-56-51(33-14-5-3-6-15-33)55-52(57-53)34-24-27-41-40-19-10-12-22-46(40)59-47(41)30-34/h3-32,52H,1-2H3,(H,55,56,57). The second-order valence-corrected chi connectivity index (χ2v) is 17.3. The number of amidine groups is 2. The van der Waals surface area contributed by atoms with Crippen molar-refractivity contribution in [1.82, 2.24) is 5.32 Å². The molecule has 1 aliphatic heterocycles. The van der Waals surface area contributed by atoms with Crippen LogP contribution in [0.2, 0.25) is 0 Å². The number of para-hydroxylation sites is 2. The summed E-state index contributed by atoms with van der Waals surface area (Å²) in [5.41, 5.74) is 13.4. The predicted octanol–water partition coefficient (Wildman–Crippen LogP) is 14.2. The van der Waals surface area contributed by atoms with Crippen molar-refractivity contribution in [3.8, 4) is 11.1 Å². The van der Waals surface area contributed by atoms with Crippen LogP contribution < -0.4 is 10.2 Å². The van der Waals surface area contributed by atoms with Gasteiger partial charge in [0.15, 0.2) is 5.84 Å². The number of anilines is 3. The van der Waals surface area contributed by atoms with E-state index in [4.69, 9.17) is 14.4 Å². The third-order valence-corrected chi connectivity index (χ3v) is 13.4. The highest BCUT2D eigenvalue weighted by atomic mass is 32.1. The monoisotopic (exact) mass is 790 g/mol. The highest BCUT2D eigenvalue weighted by Crippen LogP contribution is 2.51. The van der Waals surface area contributed by atoms with Gasteiger partial charge in [0.2, 0.25) is 0 Å². The summed E-state index contributed by atoms with van der Waals surface area (Å²) in [4.78, 5) is 12.8. The maximum absolute atomic E-state index is 6.32. The summed E-state index contributed by atoms with van der Waals surface area (Å²) in [6.07, 6.45) is -0.374. The third-order valence-electron chi connectivity index (χ3n) is 12.3. The van der Waals surface area contributed by atoms with E-state index in [1.54, 1.807) is 0 Å². The molecule has 5 nitrogen and oxygen atoms in total. The van der Waals surface area contributed by atoms with E-state index in [-0.39, 0.29) is 11.6 Å². The Morgan fingerprint density at radius 2 is 1.25 bits per heavy atom. The maximum atomic E-state index is 6.32. The Bertz CT molecular complexity index is 3400. The average molecular weight is 791 g/mol. The normalized spacial score (nSPS) is 15.5. The van der Waals surface area contributed by atoms with E-state index in [1.807, 2.05) is 41.7 Å². The molecular weight excluding hydrogens is 753 g/mol. The first kappa shape index (κ1) is 34.7. The molecule has 10 aromatic rings. The summed E-state index contributed by atoms with van der Waals surface area (Å²) >= 11 is 1.82. The van der Waals surface area contributed by atoms with E-state index < -0.39 is 0 Å². The van der Waals surface area contributed by atoms with Gasteiger partial charge in [0.05, 0.1) is 0 Å². The second-order valence-electron chi connectivity index (χ2n) is 16.2. The fourth-order valence-electron chi connectivity index (χ4n) is 9.39. The van der Waals surface area contributed by atoms with Crippen LogP contribution in [-0.2, 0) is 5.41 Å². The van der Waals surface area contributed by atoms with Gasteiger partial charge in [0.1, 0.15) is 23.2 Å². The average Bonchev–Trinajstić information content (AvgIpc) is 3.94. The zero-order valence-corrected chi connectivity index (χ0v) is 33.9. The Morgan fingerprint density at radius 1 is 0.550 bits per heavy atom. The lowest BCUT2D eigenvalue weighted by atomic mass is 9.82. The molecule has 1 unspecified atom stereocenters. The topological polar surface area (TPSA) is 53.1 Å². The molecule has 0 saturated carbocycles. The minimum absolute atomic E-state index is 0.101. The minimum atomic E-state index is -0.374. The zero-order valence-electron chi connectivity index (χ0n) is 33.1. The van der Waals surface area contributed by atoms with Gasteiger partial charge in [-0.2, -0.15) is 0 Å². The van der Waals surface area contributed by atoms with E-state index in [9.17, 15) is 0 Å². The van der Waals surface area contributed by atoms with Crippen molar-refractivity contribution < 1.29 is 4.42 Å². The molecule has 12 rings (SSSR count). The first-order valence-corrected chi connectivity index (χ1v) is 21.2. The van der Waals surface area contributed by atoms with Gasteiger partial charge in [-0.1, -0.05) is 141 Å².